The minimum Gasteiger partial charge on any atom is -0.378 e. The van der Waals surface area contributed by atoms with Crippen LogP contribution in [0, 0.1) is 0 Å². The first-order valence-corrected chi connectivity index (χ1v) is 8.81. The summed E-state index contributed by atoms with van der Waals surface area (Å²) in [6.45, 7) is 4.58. The number of aromatic amines is 1. The maximum Gasteiger partial charge on any atom is 0.157 e. The van der Waals surface area contributed by atoms with Gasteiger partial charge in [-0.2, -0.15) is 5.10 Å². The third-order valence-corrected chi connectivity index (χ3v) is 5.37. The lowest BCUT2D eigenvalue weighted by Gasteiger charge is -2.48. The maximum absolute atomic E-state index is 5.96. The van der Waals surface area contributed by atoms with Crippen molar-refractivity contribution in [3.8, 4) is 0 Å². The summed E-state index contributed by atoms with van der Waals surface area (Å²) in [4.78, 5) is 9.41. The van der Waals surface area contributed by atoms with E-state index in [0.29, 0.717) is 12.1 Å². The van der Waals surface area contributed by atoms with Crippen LogP contribution in [0.25, 0.3) is 11.0 Å². The molecule has 1 N–H and O–H groups in total. The first kappa shape index (κ1) is 14.9. The molecule has 6 heteroatoms. The van der Waals surface area contributed by atoms with Gasteiger partial charge in [-0.15, -0.1) is 0 Å². The number of piperazine rings is 1. The molecular formula is C19H21N5O. The molecule has 128 valence electrons. The molecule has 6 nitrogen and oxygen atoms in total. The number of nitrogens with one attached hydrogen (secondary N) is 1. The molecule has 2 saturated heterocycles. The summed E-state index contributed by atoms with van der Waals surface area (Å²) in [7, 11) is 0. The normalized spacial score (nSPS) is 24.4. The van der Waals surface area contributed by atoms with Crippen molar-refractivity contribution in [2.45, 2.75) is 12.1 Å². The van der Waals surface area contributed by atoms with E-state index in [1.54, 1.807) is 0 Å². The van der Waals surface area contributed by atoms with Crippen LogP contribution in [-0.4, -0.2) is 59.0 Å². The molecule has 2 fully saturated rings. The fourth-order valence-corrected chi connectivity index (χ4v) is 4.13. The topological polar surface area (TPSA) is 57.3 Å². The number of anilines is 1. The Labute approximate surface area is 146 Å². The van der Waals surface area contributed by atoms with Gasteiger partial charge in [-0.1, -0.05) is 30.3 Å². The van der Waals surface area contributed by atoms with Gasteiger partial charge >= 0.3 is 0 Å². The first-order chi connectivity index (χ1) is 12.4. The fraction of sp³-hybridized carbons (Fsp3) is 0.368. The molecule has 0 aliphatic carbocycles. The molecule has 2 atom stereocenters. The van der Waals surface area contributed by atoms with Crippen molar-refractivity contribution in [1.29, 1.82) is 0 Å². The van der Waals surface area contributed by atoms with E-state index in [0.717, 1.165) is 43.9 Å². The molecule has 0 unspecified atom stereocenters. The standard InChI is InChI=1S/C19H21N5O/c1-2-4-14(5-3-1)18-13-25-12-15-11-23(8-9-24(15)18)17-6-7-20-19-16(17)10-21-22-19/h1-7,10,15,18H,8-9,11-13H2,(H,20,21,22)/t15-,18-/m1/s1. The van der Waals surface area contributed by atoms with E-state index in [1.165, 1.54) is 11.3 Å². The number of aromatic nitrogens is 3. The van der Waals surface area contributed by atoms with Crippen LogP contribution >= 0.6 is 0 Å². The second-order valence-corrected chi connectivity index (χ2v) is 6.76. The number of rotatable bonds is 2. The smallest absolute Gasteiger partial charge is 0.157 e. The highest BCUT2D eigenvalue weighted by Crippen LogP contribution is 2.32. The molecule has 1 aromatic carbocycles. The van der Waals surface area contributed by atoms with Crippen LogP contribution in [0.15, 0.2) is 48.8 Å². The summed E-state index contributed by atoms with van der Waals surface area (Å²) in [6, 6.07) is 13.6. The molecule has 5 rings (SSSR count). The van der Waals surface area contributed by atoms with Gasteiger partial charge in [0, 0.05) is 25.8 Å². The molecule has 4 heterocycles. The lowest BCUT2D eigenvalue weighted by molar-refractivity contribution is -0.0546. The Hall–Kier alpha value is -2.44. The van der Waals surface area contributed by atoms with Gasteiger partial charge in [-0.05, 0) is 11.6 Å². The summed E-state index contributed by atoms with van der Waals surface area (Å²) in [5.41, 5.74) is 3.41. The Kier molecular flexibility index (Phi) is 3.64. The van der Waals surface area contributed by atoms with Crippen LogP contribution in [-0.2, 0) is 4.74 Å². The van der Waals surface area contributed by atoms with Crippen LogP contribution < -0.4 is 4.90 Å². The Morgan fingerprint density at radius 2 is 2.00 bits per heavy atom. The van der Waals surface area contributed by atoms with Crippen LogP contribution in [0.2, 0.25) is 0 Å². The third-order valence-electron chi connectivity index (χ3n) is 5.37. The molecule has 0 amide bonds. The predicted molar refractivity (Wildman–Crippen MR) is 96.6 cm³/mol. The minimum absolute atomic E-state index is 0.355. The molecule has 2 aliphatic rings. The highest BCUT2D eigenvalue weighted by atomic mass is 16.5. The van der Waals surface area contributed by atoms with Crippen LogP contribution in [0.4, 0.5) is 5.69 Å². The summed E-state index contributed by atoms with van der Waals surface area (Å²) < 4.78 is 5.96. The number of H-pyrrole nitrogens is 1. The van der Waals surface area contributed by atoms with Crippen LogP contribution in [0.3, 0.4) is 0 Å². The second-order valence-electron chi connectivity index (χ2n) is 6.76. The van der Waals surface area contributed by atoms with E-state index >= 15 is 0 Å². The Morgan fingerprint density at radius 1 is 1.08 bits per heavy atom. The van der Waals surface area contributed by atoms with Gasteiger partial charge < -0.3 is 9.64 Å². The highest BCUT2D eigenvalue weighted by molar-refractivity contribution is 5.88. The molecule has 2 aromatic heterocycles. The number of ether oxygens (including phenoxy) is 1. The van der Waals surface area contributed by atoms with E-state index in [1.807, 2.05) is 12.4 Å². The fourth-order valence-electron chi connectivity index (χ4n) is 4.13. The summed E-state index contributed by atoms with van der Waals surface area (Å²) in [5, 5.41) is 8.19. The molecule has 0 radical (unpaired) electrons. The molecule has 3 aromatic rings. The van der Waals surface area contributed by atoms with Gasteiger partial charge in [0.05, 0.1) is 42.6 Å². The Bertz CT molecular complexity index is 864. The largest absolute Gasteiger partial charge is 0.378 e. The van der Waals surface area contributed by atoms with Crippen LogP contribution in [0.5, 0.6) is 0 Å². The van der Waals surface area contributed by atoms with Gasteiger partial charge in [-0.25, -0.2) is 4.98 Å². The molecule has 0 bridgehead atoms. The second kappa shape index (κ2) is 6.13. The van der Waals surface area contributed by atoms with Crippen molar-refractivity contribution in [1.82, 2.24) is 20.1 Å². The van der Waals surface area contributed by atoms with Crippen molar-refractivity contribution in [2.24, 2.45) is 0 Å². The van der Waals surface area contributed by atoms with Gasteiger partial charge in [0.1, 0.15) is 0 Å². The zero-order valence-corrected chi connectivity index (χ0v) is 14.0. The number of morpholine rings is 1. The molecular weight excluding hydrogens is 314 g/mol. The minimum atomic E-state index is 0.355. The van der Waals surface area contributed by atoms with Crippen molar-refractivity contribution in [2.75, 3.05) is 37.7 Å². The summed E-state index contributed by atoms with van der Waals surface area (Å²) in [6.07, 6.45) is 3.72. The molecule has 0 saturated carbocycles. The van der Waals surface area contributed by atoms with Crippen molar-refractivity contribution < 1.29 is 4.74 Å². The zero-order chi connectivity index (χ0) is 16.6. The number of nitrogens with zero attached hydrogens (tertiary/aromatic N) is 4. The van der Waals surface area contributed by atoms with Gasteiger partial charge in [0.15, 0.2) is 5.65 Å². The first-order valence-electron chi connectivity index (χ1n) is 8.81. The average molecular weight is 335 g/mol. The Morgan fingerprint density at radius 3 is 2.92 bits per heavy atom. The lowest BCUT2D eigenvalue weighted by Crippen LogP contribution is -2.59. The monoisotopic (exact) mass is 335 g/mol. The molecule has 0 spiro atoms. The van der Waals surface area contributed by atoms with E-state index in [-0.39, 0.29) is 0 Å². The molecule has 25 heavy (non-hydrogen) atoms. The van der Waals surface area contributed by atoms with E-state index in [4.69, 9.17) is 4.74 Å². The Balaban J connectivity index is 1.41. The van der Waals surface area contributed by atoms with Crippen molar-refractivity contribution in [3.05, 3.63) is 54.4 Å². The number of fused-ring (bicyclic) bond motifs is 2. The summed E-state index contributed by atoms with van der Waals surface area (Å²) in [5.74, 6) is 0. The number of benzene rings is 1. The lowest BCUT2D eigenvalue weighted by atomic mass is 10.00. The average Bonchev–Trinajstić information content (AvgIpc) is 3.16. The van der Waals surface area contributed by atoms with Gasteiger partial charge in [0.2, 0.25) is 0 Å². The number of hydrogen-bond acceptors (Lipinski definition) is 5. The number of hydrogen-bond donors (Lipinski definition) is 1. The quantitative estimate of drug-likeness (QED) is 0.778. The summed E-state index contributed by atoms with van der Waals surface area (Å²) >= 11 is 0. The van der Waals surface area contributed by atoms with Crippen molar-refractivity contribution in [3.63, 3.8) is 0 Å². The SMILES string of the molecule is c1ccc([C@H]2COC[C@H]3CN(c4ccnc5[nH]ncc45)CCN32)cc1. The predicted octanol–water partition coefficient (Wildman–Crippen LogP) is 2.22. The van der Waals surface area contributed by atoms with Gasteiger partial charge in [0.25, 0.3) is 0 Å². The van der Waals surface area contributed by atoms with Crippen molar-refractivity contribution >= 4 is 16.7 Å². The van der Waals surface area contributed by atoms with E-state index < -0.39 is 0 Å². The zero-order valence-electron chi connectivity index (χ0n) is 14.0. The highest BCUT2D eigenvalue weighted by Gasteiger charge is 2.36. The van der Waals surface area contributed by atoms with E-state index in [9.17, 15) is 0 Å². The molecule has 2 aliphatic heterocycles. The van der Waals surface area contributed by atoms with Crippen LogP contribution in [0.1, 0.15) is 11.6 Å². The maximum atomic E-state index is 5.96. The van der Waals surface area contributed by atoms with E-state index in [2.05, 4.69) is 61.4 Å². The third kappa shape index (κ3) is 2.58. The number of pyridine rings is 1. The van der Waals surface area contributed by atoms with Gasteiger partial charge in [-0.3, -0.25) is 10.00 Å².